The van der Waals surface area contributed by atoms with Crippen LogP contribution in [-0.2, 0) is 9.53 Å². The van der Waals surface area contributed by atoms with Crippen LogP contribution in [0.1, 0.15) is 21.7 Å². The lowest BCUT2D eigenvalue weighted by molar-refractivity contribution is -0.143. The number of rotatable bonds is 6. The summed E-state index contributed by atoms with van der Waals surface area (Å²) in [5, 5.41) is 0.911. The third kappa shape index (κ3) is 4.00. The van der Waals surface area contributed by atoms with Gasteiger partial charge in [-0.05, 0) is 48.4 Å². The number of nitrogens with two attached hydrogens (primary N) is 1. The first-order valence-corrected chi connectivity index (χ1v) is 10.4. The number of esters is 1. The standard InChI is InChI=1S/C24H21NO4S/c1-28-24(27)17-8-6-15(7-9-17)14-29-22-19-4-2-3-5-20(19)30-23(22)21(26)16-10-12-18(25)13-11-16/h2-8,10-13,17H,9,14,25H2,1H3. The number of thiophene rings is 1. The largest absolute Gasteiger partial charge is 0.487 e. The van der Waals surface area contributed by atoms with E-state index in [-0.39, 0.29) is 17.7 Å². The van der Waals surface area contributed by atoms with Gasteiger partial charge in [-0.2, -0.15) is 0 Å². The zero-order chi connectivity index (χ0) is 21.1. The molecule has 0 amide bonds. The average Bonchev–Trinajstić information content (AvgIpc) is 3.16. The number of fused-ring (bicyclic) bond motifs is 1. The number of hydrogen-bond donors (Lipinski definition) is 1. The first kappa shape index (κ1) is 19.9. The summed E-state index contributed by atoms with van der Waals surface area (Å²) < 4.78 is 11.9. The predicted molar refractivity (Wildman–Crippen MR) is 119 cm³/mol. The molecule has 0 saturated heterocycles. The van der Waals surface area contributed by atoms with Crippen LogP contribution in [0.3, 0.4) is 0 Å². The molecule has 1 heterocycles. The van der Waals surface area contributed by atoms with E-state index >= 15 is 0 Å². The van der Waals surface area contributed by atoms with Gasteiger partial charge in [-0.15, -0.1) is 11.3 Å². The zero-order valence-electron chi connectivity index (χ0n) is 16.5. The monoisotopic (exact) mass is 419 g/mol. The van der Waals surface area contributed by atoms with Crippen molar-refractivity contribution in [1.29, 1.82) is 0 Å². The van der Waals surface area contributed by atoms with Crippen molar-refractivity contribution in [3.63, 3.8) is 0 Å². The summed E-state index contributed by atoms with van der Waals surface area (Å²) >= 11 is 1.42. The third-order valence-electron chi connectivity index (χ3n) is 4.99. The van der Waals surface area contributed by atoms with Gasteiger partial charge in [0.1, 0.15) is 17.2 Å². The molecule has 6 heteroatoms. The number of anilines is 1. The highest BCUT2D eigenvalue weighted by Crippen LogP contribution is 2.39. The second kappa shape index (κ2) is 8.55. The minimum atomic E-state index is -0.261. The van der Waals surface area contributed by atoms with Crippen LogP contribution in [0.25, 0.3) is 10.1 Å². The lowest BCUT2D eigenvalue weighted by Gasteiger charge is -2.15. The molecular weight excluding hydrogens is 398 g/mol. The van der Waals surface area contributed by atoms with Gasteiger partial charge in [0, 0.05) is 21.3 Å². The molecule has 152 valence electrons. The molecule has 0 aliphatic heterocycles. The van der Waals surface area contributed by atoms with Crippen molar-refractivity contribution in [2.75, 3.05) is 19.5 Å². The van der Waals surface area contributed by atoms with Gasteiger partial charge in [0.25, 0.3) is 0 Å². The Hall–Kier alpha value is -3.38. The maximum atomic E-state index is 13.2. The Labute approximate surface area is 178 Å². The fraction of sp³-hybridized carbons (Fsp3) is 0.167. The fourth-order valence-electron chi connectivity index (χ4n) is 3.33. The van der Waals surface area contributed by atoms with Crippen molar-refractivity contribution in [3.05, 3.63) is 82.8 Å². The molecule has 2 aromatic carbocycles. The number of allylic oxidation sites excluding steroid dienone is 1. The van der Waals surface area contributed by atoms with Crippen molar-refractivity contribution >= 4 is 38.9 Å². The van der Waals surface area contributed by atoms with E-state index in [0.717, 1.165) is 15.7 Å². The molecule has 0 spiro atoms. The second-order valence-electron chi connectivity index (χ2n) is 7.00. The molecule has 1 aromatic heterocycles. The van der Waals surface area contributed by atoms with E-state index in [0.29, 0.717) is 34.9 Å². The molecule has 1 atom stereocenters. The smallest absolute Gasteiger partial charge is 0.312 e. The number of ketones is 1. The molecule has 0 bridgehead atoms. The zero-order valence-corrected chi connectivity index (χ0v) is 17.3. The summed E-state index contributed by atoms with van der Waals surface area (Å²) in [6.45, 7) is 0.313. The molecule has 1 aliphatic rings. The Morgan fingerprint density at radius 1 is 1.13 bits per heavy atom. The van der Waals surface area contributed by atoms with Crippen molar-refractivity contribution in [1.82, 2.24) is 0 Å². The van der Waals surface area contributed by atoms with Gasteiger partial charge >= 0.3 is 5.97 Å². The number of ether oxygens (including phenoxy) is 2. The average molecular weight is 420 g/mol. The van der Waals surface area contributed by atoms with Crippen molar-refractivity contribution in [2.24, 2.45) is 5.92 Å². The summed E-state index contributed by atoms with van der Waals surface area (Å²) in [6.07, 6.45) is 6.25. The molecule has 0 fully saturated rings. The molecule has 0 saturated carbocycles. The fourth-order valence-corrected chi connectivity index (χ4v) is 4.44. The van der Waals surface area contributed by atoms with E-state index < -0.39 is 0 Å². The maximum Gasteiger partial charge on any atom is 0.312 e. The lowest BCUT2D eigenvalue weighted by atomic mass is 9.97. The van der Waals surface area contributed by atoms with Crippen molar-refractivity contribution < 1.29 is 19.1 Å². The lowest BCUT2D eigenvalue weighted by Crippen LogP contribution is -2.16. The molecular formula is C24H21NO4S. The van der Waals surface area contributed by atoms with Crippen molar-refractivity contribution in [3.8, 4) is 5.75 Å². The Morgan fingerprint density at radius 3 is 2.60 bits per heavy atom. The van der Waals surface area contributed by atoms with Gasteiger partial charge < -0.3 is 15.2 Å². The molecule has 4 rings (SSSR count). The molecule has 5 nitrogen and oxygen atoms in total. The van der Waals surface area contributed by atoms with Crippen LogP contribution >= 0.6 is 11.3 Å². The molecule has 0 radical (unpaired) electrons. The first-order chi connectivity index (χ1) is 14.6. The van der Waals surface area contributed by atoms with Crippen LogP contribution < -0.4 is 10.5 Å². The Bertz CT molecular complexity index is 1160. The summed E-state index contributed by atoms with van der Waals surface area (Å²) in [4.78, 5) is 25.4. The van der Waals surface area contributed by atoms with Crippen molar-refractivity contribution in [2.45, 2.75) is 6.42 Å². The minimum absolute atomic E-state index is 0.0925. The van der Waals surface area contributed by atoms with Crippen LogP contribution in [0.4, 0.5) is 5.69 Å². The molecule has 2 N–H and O–H groups in total. The SMILES string of the molecule is COC(=O)C1C=CC(COc2c(C(=O)c3ccc(N)cc3)sc3ccccc23)=CC1. The number of benzene rings is 2. The quantitative estimate of drug-likeness (QED) is 0.354. The number of methoxy groups -OCH3 is 1. The van der Waals surface area contributed by atoms with Crippen LogP contribution in [-0.4, -0.2) is 25.5 Å². The Morgan fingerprint density at radius 2 is 1.90 bits per heavy atom. The number of carbonyl (C=O) groups excluding carboxylic acids is 2. The van der Waals surface area contributed by atoms with Gasteiger partial charge in [0.2, 0.25) is 5.78 Å². The summed E-state index contributed by atoms with van der Waals surface area (Å²) in [7, 11) is 1.39. The normalized spacial score (nSPS) is 15.6. The van der Waals surface area contributed by atoms with Crippen LogP contribution in [0.2, 0.25) is 0 Å². The summed E-state index contributed by atoms with van der Waals surface area (Å²) in [5.74, 6) is -0.0157. The summed E-state index contributed by atoms with van der Waals surface area (Å²) in [5.41, 5.74) is 7.88. The highest BCUT2D eigenvalue weighted by Gasteiger charge is 2.22. The Balaban J connectivity index is 1.59. The van der Waals surface area contributed by atoms with Crippen LogP contribution in [0, 0.1) is 5.92 Å². The topological polar surface area (TPSA) is 78.6 Å². The van der Waals surface area contributed by atoms with Gasteiger partial charge in [-0.25, -0.2) is 0 Å². The summed E-state index contributed by atoms with van der Waals surface area (Å²) in [6, 6.07) is 14.7. The predicted octanol–water partition coefficient (Wildman–Crippen LogP) is 4.77. The van der Waals surface area contributed by atoms with E-state index in [1.54, 1.807) is 24.3 Å². The number of carbonyl (C=O) groups is 2. The van der Waals surface area contributed by atoms with E-state index in [1.807, 2.05) is 42.5 Å². The van der Waals surface area contributed by atoms with Crippen LogP contribution in [0.5, 0.6) is 5.75 Å². The molecule has 30 heavy (non-hydrogen) atoms. The van der Waals surface area contributed by atoms with Gasteiger partial charge in [0.15, 0.2) is 0 Å². The highest BCUT2D eigenvalue weighted by molar-refractivity contribution is 7.21. The highest BCUT2D eigenvalue weighted by atomic mass is 32.1. The van der Waals surface area contributed by atoms with E-state index in [2.05, 4.69) is 0 Å². The molecule has 3 aromatic rings. The third-order valence-corrected chi connectivity index (χ3v) is 6.14. The number of hydrogen-bond acceptors (Lipinski definition) is 6. The van der Waals surface area contributed by atoms with Gasteiger partial charge in [-0.1, -0.05) is 30.4 Å². The van der Waals surface area contributed by atoms with E-state index in [4.69, 9.17) is 15.2 Å². The molecule has 1 unspecified atom stereocenters. The molecule has 1 aliphatic carbocycles. The first-order valence-electron chi connectivity index (χ1n) is 9.56. The number of nitrogen functional groups attached to an aromatic ring is 1. The second-order valence-corrected chi connectivity index (χ2v) is 8.05. The Kier molecular flexibility index (Phi) is 5.68. The minimum Gasteiger partial charge on any atom is -0.487 e. The van der Waals surface area contributed by atoms with Gasteiger partial charge in [-0.3, -0.25) is 9.59 Å². The maximum absolute atomic E-state index is 13.2. The van der Waals surface area contributed by atoms with Crippen LogP contribution in [0.15, 0.2) is 72.3 Å². The van der Waals surface area contributed by atoms with E-state index in [1.165, 1.54) is 18.4 Å². The van der Waals surface area contributed by atoms with E-state index in [9.17, 15) is 9.59 Å². The van der Waals surface area contributed by atoms with Gasteiger partial charge in [0.05, 0.1) is 13.0 Å².